The number of benzene rings is 1. The van der Waals surface area contributed by atoms with Crippen molar-refractivity contribution in [3.63, 3.8) is 0 Å². The standard InChI is InChI=1S/C15H16Cl2N2O3S/c1-21-4-5-22-9-14(20)19-15-18-8-12(23-15)6-10-2-3-11(16)7-13(10)17/h2-3,7-8H,4-6,9H2,1H3,(H,18,19,20). The molecule has 5 nitrogen and oxygen atoms in total. The predicted molar refractivity (Wildman–Crippen MR) is 92.7 cm³/mol. The Labute approximate surface area is 148 Å². The first-order chi connectivity index (χ1) is 11.1. The fourth-order valence-corrected chi connectivity index (χ4v) is 3.09. The lowest BCUT2D eigenvalue weighted by Crippen LogP contribution is -2.19. The molecule has 0 saturated heterocycles. The molecule has 1 N–H and O–H groups in total. The molecule has 1 aromatic heterocycles. The number of rotatable bonds is 8. The number of carbonyl (C=O) groups excluding carboxylic acids is 1. The lowest BCUT2D eigenvalue weighted by atomic mass is 10.1. The largest absolute Gasteiger partial charge is 0.382 e. The number of hydrogen-bond donors (Lipinski definition) is 1. The van der Waals surface area contributed by atoms with Crippen molar-refractivity contribution in [2.75, 3.05) is 32.2 Å². The number of carbonyl (C=O) groups is 1. The van der Waals surface area contributed by atoms with Gasteiger partial charge in [0.05, 0.1) is 13.2 Å². The molecule has 23 heavy (non-hydrogen) atoms. The van der Waals surface area contributed by atoms with Crippen LogP contribution in [0.15, 0.2) is 24.4 Å². The minimum Gasteiger partial charge on any atom is -0.382 e. The molecule has 0 bridgehead atoms. The molecule has 0 saturated carbocycles. The van der Waals surface area contributed by atoms with Crippen molar-refractivity contribution in [1.29, 1.82) is 0 Å². The summed E-state index contributed by atoms with van der Waals surface area (Å²) in [6, 6.07) is 5.38. The second kappa shape index (κ2) is 9.20. The highest BCUT2D eigenvalue weighted by atomic mass is 35.5. The van der Waals surface area contributed by atoms with Crippen molar-refractivity contribution in [2.24, 2.45) is 0 Å². The summed E-state index contributed by atoms with van der Waals surface area (Å²) in [5.41, 5.74) is 0.959. The van der Waals surface area contributed by atoms with E-state index in [-0.39, 0.29) is 12.5 Å². The zero-order valence-electron chi connectivity index (χ0n) is 12.5. The summed E-state index contributed by atoms with van der Waals surface area (Å²) in [6.07, 6.45) is 2.35. The van der Waals surface area contributed by atoms with Gasteiger partial charge in [-0.1, -0.05) is 29.3 Å². The monoisotopic (exact) mass is 374 g/mol. The van der Waals surface area contributed by atoms with Crippen molar-refractivity contribution in [3.8, 4) is 0 Å². The summed E-state index contributed by atoms with van der Waals surface area (Å²) in [5.74, 6) is -0.244. The van der Waals surface area contributed by atoms with Gasteiger partial charge in [0.15, 0.2) is 5.13 Å². The molecule has 124 valence electrons. The maximum absolute atomic E-state index is 11.7. The van der Waals surface area contributed by atoms with Gasteiger partial charge in [-0.2, -0.15) is 0 Å². The van der Waals surface area contributed by atoms with E-state index in [4.69, 9.17) is 32.7 Å². The second-order valence-corrected chi connectivity index (χ2v) is 6.60. The van der Waals surface area contributed by atoms with Crippen LogP contribution in [-0.2, 0) is 20.7 Å². The molecule has 2 rings (SSSR count). The molecular formula is C15H16Cl2N2O3S. The van der Waals surface area contributed by atoms with Crippen molar-refractivity contribution in [3.05, 3.63) is 44.9 Å². The summed E-state index contributed by atoms with van der Waals surface area (Å²) in [5, 5.41) is 4.45. The number of thiazole rings is 1. The Morgan fingerprint density at radius 1 is 1.35 bits per heavy atom. The number of amides is 1. The summed E-state index contributed by atoms with van der Waals surface area (Å²) < 4.78 is 9.98. The van der Waals surface area contributed by atoms with Gasteiger partial charge in [-0.3, -0.25) is 10.1 Å². The minimum atomic E-state index is -0.244. The predicted octanol–water partition coefficient (Wildman–Crippen LogP) is 3.64. The van der Waals surface area contributed by atoms with E-state index in [1.807, 2.05) is 6.07 Å². The number of nitrogens with one attached hydrogen (secondary N) is 1. The third-order valence-corrected chi connectivity index (χ3v) is 4.34. The molecule has 0 aliphatic carbocycles. The Kier molecular flexibility index (Phi) is 7.26. The van der Waals surface area contributed by atoms with Crippen molar-refractivity contribution in [1.82, 2.24) is 4.98 Å². The van der Waals surface area contributed by atoms with Gasteiger partial charge in [0.25, 0.3) is 5.91 Å². The van der Waals surface area contributed by atoms with Crippen LogP contribution in [0, 0.1) is 0 Å². The number of halogens is 2. The first kappa shape index (κ1) is 18.2. The van der Waals surface area contributed by atoms with Crippen molar-refractivity contribution in [2.45, 2.75) is 6.42 Å². The molecular weight excluding hydrogens is 359 g/mol. The number of anilines is 1. The molecule has 0 radical (unpaired) electrons. The summed E-state index contributed by atoms with van der Waals surface area (Å²) in [4.78, 5) is 16.9. The van der Waals surface area contributed by atoms with Gasteiger partial charge in [-0.05, 0) is 17.7 Å². The Hall–Kier alpha value is -1.18. The highest BCUT2D eigenvalue weighted by Crippen LogP contribution is 2.26. The van der Waals surface area contributed by atoms with Crippen LogP contribution in [0.2, 0.25) is 10.0 Å². The number of nitrogens with zero attached hydrogens (tertiary/aromatic N) is 1. The van der Waals surface area contributed by atoms with Crippen LogP contribution in [0.1, 0.15) is 10.4 Å². The van der Waals surface area contributed by atoms with Crippen LogP contribution in [-0.4, -0.2) is 37.8 Å². The Balaban J connectivity index is 1.86. The van der Waals surface area contributed by atoms with Gasteiger partial charge in [-0.25, -0.2) is 4.98 Å². The van der Waals surface area contributed by atoms with Crippen LogP contribution in [0.3, 0.4) is 0 Å². The van der Waals surface area contributed by atoms with Gasteiger partial charge in [0, 0.05) is 34.6 Å². The van der Waals surface area contributed by atoms with E-state index in [1.54, 1.807) is 25.4 Å². The smallest absolute Gasteiger partial charge is 0.252 e. The summed E-state index contributed by atoms with van der Waals surface area (Å²) in [7, 11) is 1.58. The fraction of sp³-hybridized carbons (Fsp3) is 0.333. The van der Waals surface area contributed by atoms with Crippen LogP contribution < -0.4 is 5.32 Å². The SMILES string of the molecule is COCCOCC(=O)Nc1ncc(Cc2ccc(Cl)cc2Cl)s1. The van der Waals surface area contributed by atoms with E-state index in [0.29, 0.717) is 34.8 Å². The average Bonchev–Trinajstić information content (AvgIpc) is 2.94. The molecule has 1 heterocycles. The minimum absolute atomic E-state index is 0.0265. The van der Waals surface area contributed by atoms with E-state index < -0.39 is 0 Å². The molecule has 0 unspecified atom stereocenters. The Morgan fingerprint density at radius 3 is 2.91 bits per heavy atom. The molecule has 1 amide bonds. The van der Waals surface area contributed by atoms with Crippen LogP contribution in [0.5, 0.6) is 0 Å². The van der Waals surface area contributed by atoms with Gasteiger partial charge in [0.1, 0.15) is 6.61 Å². The van der Waals surface area contributed by atoms with Crippen LogP contribution in [0.4, 0.5) is 5.13 Å². The lowest BCUT2D eigenvalue weighted by molar-refractivity contribution is -0.121. The maximum Gasteiger partial charge on any atom is 0.252 e. The highest BCUT2D eigenvalue weighted by molar-refractivity contribution is 7.15. The number of hydrogen-bond acceptors (Lipinski definition) is 5. The molecule has 1 aromatic carbocycles. The first-order valence-corrected chi connectivity index (χ1v) is 8.41. The van der Waals surface area contributed by atoms with E-state index >= 15 is 0 Å². The molecule has 0 aliphatic rings. The van der Waals surface area contributed by atoms with E-state index in [9.17, 15) is 4.79 Å². The number of methoxy groups -OCH3 is 1. The average molecular weight is 375 g/mol. The molecule has 0 fully saturated rings. The van der Waals surface area contributed by atoms with Crippen LogP contribution >= 0.6 is 34.5 Å². The lowest BCUT2D eigenvalue weighted by Gasteiger charge is -2.03. The fourth-order valence-electron chi connectivity index (χ4n) is 1.76. The second-order valence-electron chi connectivity index (χ2n) is 4.64. The number of aromatic nitrogens is 1. The summed E-state index contributed by atoms with van der Waals surface area (Å²) >= 11 is 13.4. The van der Waals surface area contributed by atoms with Gasteiger partial charge in [0.2, 0.25) is 0 Å². The zero-order chi connectivity index (χ0) is 16.7. The molecule has 2 aromatic rings. The Bertz CT molecular complexity index is 664. The van der Waals surface area contributed by atoms with E-state index in [2.05, 4.69) is 10.3 Å². The quantitative estimate of drug-likeness (QED) is 0.716. The number of ether oxygens (including phenoxy) is 2. The third kappa shape index (κ3) is 6.08. The van der Waals surface area contributed by atoms with E-state index in [0.717, 1.165) is 10.4 Å². The molecule has 0 atom stereocenters. The van der Waals surface area contributed by atoms with E-state index in [1.165, 1.54) is 11.3 Å². The van der Waals surface area contributed by atoms with Gasteiger partial charge < -0.3 is 9.47 Å². The molecule has 8 heteroatoms. The molecule has 0 spiro atoms. The topological polar surface area (TPSA) is 60.5 Å². The maximum atomic E-state index is 11.7. The molecule has 0 aliphatic heterocycles. The normalized spacial score (nSPS) is 10.7. The van der Waals surface area contributed by atoms with Gasteiger partial charge in [-0.15, -0.1) is 11.3 Å². The van der Waals surface area contributed by atoms with Crippen LogP contribution in [0.25, 0.3) is 0 Å². The Morgan fingerprint density at radius 2 is 2.17 bits per heavy atom. The van der Waals surface area contributed by atoms with Crippen molar-refractivity contribution < 1.29 is 14.3 Å². The van der Waals surface area contributed by atoms with Crippen molar-refractivity contribution >= 4 is 45.6 Å². The van der Waals surface area contributed by atoms with Gasteiger partial charge >= 0.3 is 0 Å². The first-order valence-electron chi connectivity index (χ1n) is 6.83. The highest BCUT2D eigenvalue weighted by Gasteiger charge is 2.09. The zero-order valence-corrected chi connectivity index (χ0v) is 14.8. The third-order valence-electron chi connectivity index (χ3n) is 2.84. The summed E-state index contributed by atoms with van der Waals surface area (Å²) in [6.45, 7) is 0.805.